The largest absolute Gasteiger partial charge is 0.390 e. The van der Waals surface area contributed by atoms with Crippen molar-refractivity contribution in [1.82, 2.24) is 0 Å². The van der Waals surface area contributed by atoms with Crippen LogP contribution >= 0.6 is 23.2 Å². The summed E-state index contributed by atoms with van der Waals surface area (Å²) in [6, 6.07) is 3.07. The van der Waals surface area contributed by atoms with Gasteiger partial charge in [0.2, 0.25) is 0 Å². The number of halogens is 5. The van der Waals surface area contributed by atoms with Crippen molar-refractivity contribution in [2.24, 2.45) is 5.73 Å². The summed E-state index contributed by atoms with van der Waals surface area (Å²) < 4.78 is 36.2. The van der Waals surface area contributed by atoms with E-state index in [-0.39, 0.29) is 10.6 Å². The molecule has 0 aromatic heterocycles. The predicted octanol–water partition coefficient (Wildman–Crippen LogP) is 3.95. The Morgan fingerprint density at radius 2 is 1.87 bits per heavy atom. The summed E-state index contributed by atoms with van der Waals surface area (Å²) in [5, 5.41) is 0.516. The molecule has 1 nitrogen and oxygen atoms in total. The highest BCUT2D eigenvalue weighted by Crippen LogP contribution is 2.32. The Bertz CT molecular complexity index is 352. The molecule has 1 atom stereocenters. The van der Waals surface area contributed by atoms with E-state index in [1.54, 1.807) is 0 Å². The van der Waals surface area contributed by atoms with Gasteiger partial charge in [0.1, 0.15) is 0 Å². The van der Waals surface area contributed by atoms with Crippen LogP contribution in [-0.4, -0.2) is 6.18 Å². The van der Waals surface area contributed by atoms with Crippen LogP contribution in [0.2, 0.25) is 10.0 Å². The first-order valence-electron chi connectivity index (χ1n) is 4.07. The highest BCUT2D eigenvalue weighted by molar-refractivity contribution is 6.35. The molecule has 1 unspecified atom stereocenters. The van der Waals surface area contributed by atoms with Gasteiger partial charge in [0, 0.05) is 16.1 Å². The van der Waals surface area contributed by atoms with Gasteiger partial charge in [0.15, 0.2) is 0 Å². The van der Waals surface area contributed by atoms with Gasteiger partial charge < -0.3 is 5.73 Å². The molecular formula is C9H8Cl2F3N. The Morgan fingerprint density at radius 1 is 1.27 bits per heavy atom. The quantitative estimate of drug-likeness (QED) is 0.853. The summed E-state index contributed by atoms with van der Waals surface area (Å²) in [5.74, 6) is 0. The lowest BCUT2D eigenvalue weighted by molar-refractivity contribution is -0.138. The van der Waals surface area contributed by atoms with Gasteiger partial charge in [-0.2, -0.15) is 13.2 Å². The lowest BCUT2D eigenvalue weighted by Gasteiger charge is -2.15. The van der Waals surface area contributed by atoms with Crippen LogP contribution in [0.4, 0.5) is 13.2 Å². The van der Waals surface area contributed by atoms with E-state index >= 15 is 0 Å². The second-order valence-corrected chi connectivity index (χ2v) is 3.94. The van der Waals surface area contributed by atoms with Gasteiger partial charge in [0.05, 0.1) is 6.42 Å². The summed E-state index contributed by atoms with van der Waals surface area (Å²) >= 11 is 11.3. The van der Waals surface area contributed by atoms with E-state index < -0.39 is 18.6 Å². The third-order valence-electron chi connectivity index (χ3n) is 1.81. The molecule has 1 aromatic carbocycles. The van der Waals surface area contributed by atoms with Crippen LogP contribution in [0.15, 0.2) is 18.2 Å². The zero-order valence-electron chi connectivity index (χ0n) is 7.48. The lowest BCUT2D eigenvalue weighted by atomic mass is 10.0. The Kier molecular flexibility index (Phi) is 3.87. The van der Waals surface area contributed by atoms with Crippen molar-refractivity contribution in [1.29, 1.82) is 0 Å². The van der Waals surface area contributed by atoms with E-state index in [9.17, 15) is 13.2 Å². The summed E-state index contributed by atoms with van der Waals surface area (Å²) in [4.78, 5) is 0. The molecule has 0 saturated carbocycles. The first-order valence-corrected chi connectivity index (χ1v) is 4.82. The molecular weight excluding hydrogens is 250 g/mol. The fourth-order valence-electron chi connectivity index (χ4n) is 1.16. The fraction of sp³-hybridized carbons (Fsp3) is 0.333. The van der Waals surface area contributed by atoms with Crippen molar-refractivity contribution in [2.45, 2.75) is 18.6 Å². The third kappa shape index (κ3) is 3.89. The standard InChI is InChI=1S/C9H8Cl2F3N/c10-5-1-2-6(7(11)3-5)8(15)4-9(12,13)14/h1-3,8H,4,15H2. The molecule has 0 aliphatic rings. The number of hydrogen-bond donors (Lipinski definition) is 1. The molecule has 0 aliphatic carbocycles. The smallest absolute Gasteiger partial charge is 0.324 e. The van der Waals surface area contributed by atoms with Crippen LogP contribution in [0.1, 0.15) is 18.0 Å². The van der Waals surface area contributed by atoms with E-state index in [0.717, 1.165) is 0 Å². The second kappa shape index (κ2) is 4.60. The molecule has 0 bridgehead atoms. The first-order chi connectivity index (χ1) is 6.79. The van der Waals surface area contributed by atoms with Gasteiger partial charge in [-0.1, -0.05) is 29.3 Å². The first kappa shape index (κ1) is 12.6. The van der Waals surface area contributed by atoms with E-state index in [1.807, 2.05) is 0 Å². The topological polar surface area (TPSA) is 26.0 Å². The molecule has 2 N–H and O–H groups in total. The zero-order valence-corrected chi connectivity index (χ0v) is 9.00. The van der Waals surface area contributed by atoms with Crippen molar-refractivity contribution in [3.63, 3.8) is 0 Å². The van der Waals surface area contributed by atoms with Gasteiger partial charge in [-0.15, -0.1) is 0 Å². The highest BCUT2D eigenvalue weighted by atomic mass is 35.5. The van der Waals surface area contributed by atoms with Crippen LogP contribution in [0.3, 0.4) is 0 Å². The zero-order chi connectivity index (χ0) is 11.6. The number of nitrogens with two attached hydrogens (primary N) is 1. The van der Waals surface area contributed by atoms with Crippen molar-refractivity contribution < 1.29 is 13.2 Å². The van der Waals surface area contributed by atoms with Crippen LogP contribution in [0, 0.1) is 0 Å². The lowest BCUT2D eigenvalue weighted by Crippen LogP contribution is -2.20. The molecule has 0 fully saturated rings. The van der Waals surface area contributed by atoms with E-state index in [2.05, 4.69) is 0 Å². The van der Waals surface area contributed by atoms with Gasteiger partial charge in [-0.25, -0.2) is 0 Å². The number of rotatable bonds is 2. The van der Waals surface area contributed by atoms with Crippen molar-refractivity contribution in [3.8, 4) is 0 Å². The molecule has 84 valence electrons. The van der Waals surface area contributed by atoms with E-state index in [1.165, 1.54) is 18.2 Å². The third-order valence-corrected chi connectivity index (χ3v) is 2.38. The maximum Gasteiger partial charge on any atom is 0.390 e. The average molecular weight is 258 g/mol. The Balaban J connectivity index is 2.87. The molecule has 1 rings (SSSR count). The predicted molar refractivity (Wildman–Crippen MR) is 54.1 cm³/mol. The van der Waals surface area contributed by atoms with E-state index in [0.29, 0.717) is 5.02 Å². The Hall–Kier alpha value is -0.450. The highest BCUT2D eigenvalue weighted by Gasteiger charge is 2.31. The van der Waals surface area contributed by atoms with Crippen LogP contribution in [-0.2, 0) is 0 Å². The van der Waals surface area contributed by atoms with Gasteiger partial charge >= 0.3 is 6.18 Å². The molecule has 0 spiro atoms. The van der Waals surface area contributed by atoms with E-state index in [4.69, 9.17) is 28.9 Å². The Morgan fingerprint density at radius 3 is 2.33 bits per heavy atom. The maximum absolute atomic E-state index is 12.1. The normalized spacial score (nSPS) is 14.0. The molecule has 1 aromatic rings. The van der Waals surface area contributed by atoms with Gasteiger partial charge in [0.25, 0.3) is 0 Å². The summed E-state index contributed by atoms with van der Waals surface area (Å²) in [5.41, 5.74) is 5.63. The minimum Gasteiger partial charge on any atom is -0.324 e. The minimum absolute atomic E-state index is 0.152. The van der Waals surface area contributed by atoms with Crippen LogP contribution in [0.5, 0.6) is 0 Å². The summed E-state index contributed by atoms with van der Waals surface area (Å²) in [6.07, 6.45) is -5.41. The van der Waals surface area contributed by atoms with Crippen molar-refractivity contribution >= 4 is 23.2 Å². The number of benzene rings is 1. The molecule has 0 amide bonds. The maximum atomic E-state index is 12.1. The number of hydrogen-bond acceptors (Lipinski definition) is 1. The van der Waals surface area contributed by atoms with Gasteiger partial charge in [-0.3, -0.25) is 0 Å². The van der Waals surface area contributed by atoms with Crippen LogP contribution < -0.4 is 5.73 Å². The molecule has 0 heterocycles. The summed E-state index contributed by atoms with van der Waals surface area (Å²) in [7, 11) is 0. The van der Waals surface area contributed by atoms with Gasteiger partial charge in [-0.05, 0) is 17.7 Å². The SMILES string of the molecule is NC(CC(F)(F)F)c1ccc(Cl)cc1Cl. The average Bonchev–Trinajstić information content (AvgIpc) is 1.99. The molecule has 0 radical (unpaired) electrons. The number of alkyl halides is 3. The monoisotopic (exact) mass is 257 g/mol. The molecule has 0 aliphatic heterocycles. The van der Waals surface area contributed by atoms with Crippen molar-refractivity contribution in [2.75, 3.05) is 0 Å². The summed E-state index contributed by atoms with van der Waals surface area (Å²) in [6.45, 7) is 0. The molecule has 0 saturated heterocycles. The van der Waals surface area contributed by atoms with Crippen LogP contribution in [0.25, 0.3) is 0 Å². The fourth-order valence-corrected chi connectivity index (χ4v) is 1.71. The minimum atomic E-state index is -4.30. The molecule has 6 heteroatoms. The second-order valence-electron chi connectivity index (χ2n) is 3.09. The van der Waals surface area contributed by atoms with Crippen molar-refractivity contribution in [3.05, 3.63) is 33.8 Å². The molecule has 15 heavy (non-hydrogen) atoms. The Labute approximate surface area is 95.0 Å².